The number of carbonyl (C=O) groups excluding carboxylic acids is 4. The van der Waals surface area contributed by atoms with E-state index in [1.807, 2.05) is 13.0 Å². The van der Waals surface area contributed by atoms with Crippen LogP contribution >= 0.6 is 0 Å². The molecular formula is C32H41N5O9. The van der Waals surface area contributed by atoms with Crippen molar-refractivity contribution in [1.29, 1.82) is 0 Å². The smallest absolute Gasteiger partial charge is 0.415 e. The van der Waals surface area contributed by atoms with Gasteiger partial charge in [-0.05, 0) is 19.3 Å². The number of ether oxygens (including phenoxy) is 3. The fraction of sp³-hybridized carbons (Fsp3) is 0.500. The van der Waals surface area contributed by atoms with Gasteiger partial charge in [-0.25, -0.2) is 14.6 Å². The van der Waals surface area contributed by atoms with E-state index in [0.717, 1.165) is 12.8 Å². The highest BCUT2D eigenvalue weighted by molar-refractivity contribution is 5.97. The summed E-state index contributed by atoms with van der Waals surface area (Å²) in [4.78, 5) is 72.7. The molecule has 14 heteroatoms. The lowest BCUT2D eigenvalue weighted by Crippen LogP contribution is -2.56. The van der Waals surface area contributed by atoms with E-state index in [4.69, 9.17) is 14.2 Å². The van der Waals surface area contributed by atoms with Gasteiger partial charge in [-0.15, -0.1) is 0 Å². The highest BCUT2D eigenvalue weighted by atomic mass is 16.6. The first-order chi connectivity index (χ1) is 22.2. The van der Waals surface area contributed by atoms with Crippen molar-refractivity contribution in [2.45, 2.75) is 51.1 Å². The normalized spacial score (nSPS) is 16.8. The molecule has 4 rings (SSSR count). The van der Waals surface area contributed by atoms with E-state index >= 15 is 0 Å². The van der Waals surface area contributed by atoms with Gasteiger partial charge in [-0.1, -0.05) is 43.7 Å². The summed E-state index contributed by atoms with van der Waals surface area (Å²) in [7, 11) is 1.61. The number of unbranched alkanes of at least 4 members (excludes halogenated alkanes) is 1. The predicted molar refractivity (Wildman–Crippen MR) is 165 cm³/mol. The highest BCUT2D eigenvalue weighted by Gasteiger charge is 2.32. The standard InChI is InChI=1S/C32H41N5O9/c1-3-4-17-45-32(43)37-15-13-36(14-16-37)30(41)25(10-11-28(38)39)34-29(40)27-20-24(19-26(33-27)22-8-6-5-7-9-22)46-31(42)35(2)23-12-18-44-21-23/h5-9,19-20,23,25H,3-4,10-18,21H2,1-2H3,(H,34,40)(H,38,39)/t23?,25-/m0/s1. The number of piperazine rings is 1. The monoisotopic (exact) mass is 639 g/mol. The van der Waals surface area contributed by atoms with E-state index in [9.17, 15) is 29.1 Å². The topological polar surface area (TPSA) is 168 Å². The van der Waals surface area contributed by atoms with Crippen LogP contribution in [0.1, 0.15) is 49.5 Å². The number of benzene rings is 1. The molecule has 1 unspecified atom stereocenters. The molecule has 4 amide bonds. The fourth-order valence-electron chi connectivity index (χ4n) is 5.07. The molecule has 0 radical (unpaired) electrons. The maximum atomic E-state index is 13.6. The van der Waals surface area contributed by atoms with Crippen LogP contribution in [0.5, 0.6) is 5.75 Å². The number of aromatic nitrogens is 1. The van der Waals surface area contributed by atoms with Gasteiger partial charge in [0.1, 0.15) is 17.5 Å². The van der Waals surface area contributed by atoms with Crippen molar-refractivity contribution in [2.24, 2.45) is 0 Å². The van der Waals surface area contributed by atoms with Gasteiger partial charge in [0.25, 0.3) is 5.91 Å². The minimum Gasteiger partial charge on any atom is -0.481 e. The SMILES string of the molecule is CCCCOC(=O)N1CCN(C(=O)[C@H](CCC(=O)O)NC(=O)c2cc(OC(=O)N(C)C3CCOC3)cc(-c3ccccc3)n2)CC1. The van der Waals surface area contributed by atoms with Crippen molar-refractivity contribution in [1.82, 2.24) is 25.0 Å². The van der Waals surface area contributed by atoms with Crippen LogP contribution in [-0.4, -0.2) is 120 Å². The van der Waals surface area contributed by atoms with Gasteiger partial charge in [-0.3, -0.25) is 14.4 Å². The van der Waals surface area contributed by atoms with Crippen molar-refractivity contribution in [2.75, 3.05) is 53.0 Å². The van der Waals surface area contributed by atoms with E-state index in [1.54, 1.807) is 37.4 Å². The third-order valence-electron chi connectivity index (χ3n) is 7.87. The molecule has 2 atom stereocenters. The van der Waals surface area contributed by atoms with Crippen LogP contribution < -0.4 is 10.1 Å². The lowest BCUT2D eigenvalue weighted by molar-refractivity contribution is -0.138. The Kier molecular flexibility index (Phi) is 12.3. The van der Waals surface area contributed by atoms with Crippen LogP contribution in [0.3, 0.4) is 0 Å². The number of carbonyl (C=O) groups is 5. The molecule has 0 bridgehead atoms. The molecule has 2 aromatic rings. The lowest BCUT2D eigenvalue weighted by atomic mass is 10.1. The highest BCUT2D eigenvalue weighted by Crippen LogP contribution is 2.25. The van der Waals surface area contributed by atoms with Crippen LogP contribution in [0.4, 0.5) is 9.59 Å². The molecule has 0 aliphatic carbocycles. The second-order valence-electron chi connectivity index (χ2n) is 11.2. The summed E-state index contributed by atoms with van der Waals surface area (Å²) < 4.78 is 16.3. The number of nitrogens with one attached hydrogen (secondary N) is 1. The molecule has 1 aromatic carbocycles. The molecule has 3 heterocycles. The molecular weight excluding hydrogens is 598 g/mol. The molecule has 1 aromatic heterocycles. The van der Waals surface area contributed by atoms with Gasteiger partial charge in [0.2, 0.25) is 5.91 Å². The summed E-state index contributed by atoms with van der Waals surface area (Å²) in [5, 5.41) is 12.0. The van der Waals surface area contributed by atoms with E-state index in [-0.39, 0.29) is 56.5 Å². The van der Waals surface area contributed by atoms with Crippen LogP contribution in [-0.2, 0) is 19.1 Å². The van der Waals surface area contributed by atoms with Crippen LogP contribution in [0, 0.1) is 0 Å². The first-order valence-corrected chi connectivity index (χ1v) is 15.5. The van der Waals surface area contributed by atoms with Crippen LogP contribution in [0.15, 0.2) is 42.5 Å². The van der Waals surface area contributed by atoms with Gasteiger partial charge >= 0.3 is 18.2 Å². The molecule has 14 nitrogen and oxygen atoms in total. The molecule has 46 heavy (non-hydrogen) atoms. The van der Waals surface area contributed by atoms with E-state index in [0.29, 0.717) is 37.5 Å². The Morgan fingerprint density at radius 3 is 2.46 bits per heavy atom. The number of pyridine rings is 1. The van der Waals surface area contributed by atoms with Crippen molar-refractivity contribution in [3.05, 3.63) is 48.2 Å². The molecule has 2 saturated heterocycles. The zero-order valence-electron chi connectivity index (χ0n) is 26.2. The van der Waals surface area contributed by atoms with Gasteiger partial charge < -0.3 is 39.3 Å². The number of hydrogen-bond donors (Lipinski definition) is 2. The predicted octanol–water partition coefficient (Wildman–Crippen LogP) is 3.01. The molecule has 2 aliphatic heterocycles. The summed E-state index contributed by atoms with van der Waals surface area (Å²) in [6.07, 6.45) is 0.732. The van der Waals surface area contributed by atoms with Gasteiger partial charge in [0.05, 0.1) is 24.9 Å². The Labute approximate surface area is 267 Å². The quantitative estimate of drug-likeness (QED) is 0.330. The van der Waals surface area contributed by atoms with Crippen molar-refractivity contribution >= 4 is 30.0 Å². The minimum absolute atomic E-state index is 0.0742. The van der Waals surface area contributed by atoms with Gasteiger partial charge in [0.15, 0.2) is 0 Å². The van der Waals surface area contributed by atoms with Gasteiger partial charge in [-0.2, -0.15) is 0 Å². The Morgan fingerprint density at radius 2 is 1.80 bits per heavy atom. The molecule has 248 valence electrons. The summed E-state index contributed by atoms with van der Waals surface area (Å²) in [5.74, 6) is -2.26. The zero-order valence-corrected chi connectivity index (χ0v) is 26.2. The van der Waals surface area contributed by atoms with E-state index in [1.165, 1.54) is 20.8 Å². The maximum absolute atomic E-state index is 13.6. The van der Waals surface area contributed by atoms with Crippen LogP contribution in [0.2, 0.25) is 0 Å². The number of hydrogen-bond acceptors (Lipinski definition) is 9. The summed E-state index contributed by atoms with van der Waals surface area (Å²) in [5.41, 5.74) is 0.902. The summed E-state index contributed by atoms with van der Waals surface area (Å²) in [6, 6.07) is 10.5. The first kappa shape index (κ1) is 34.2. The number of nitrogens with zero attached hydrogens (tertiary/aromatic N) is 4. The van der Waals surface area contributed by atoms with E-state index in [2.05, 4.69) is 10.3 Å². The second-order valence-corrected chi connectivity index (χ2v) is 11.2. The molecule has 2 N–H and O–H groups in total. The Bertz CT molecular complexity index is 1380. The van der Waals surface area contributed by atoms with Gasteiger partial charge in [0, 0.05) is 64.0 Å². The molecule has 0 saturated carbocycles. The summed E-state index contributed by atoms with van der Waals surface area (Å²) in [6.45, 7) is 4.14. The van der Waals surface area contributed by atoms with Crippen molar-refractivity contribution < 1.29 is 43.3 Å². The maximum Gasteiger partial charge on any atom is 0.415 e. The van der Waals surface area contributed by atoms with Crippen molar-refractivity contribution in [3.8, 4) is 17.0 Å². The zero-order chi connectivity index (χ0) is 33.1. The molecule has 2 aliphatic rings. The number of carboxylic acid groups (broad SMARTS) is 1. The van der Waals surface area contributed by atoms with E-state index < -0.39 is 36.0 Å². The first-order valence-electron chi connectivity index (χ1n) is 15.5. The average Bonchev–Trinajstić information content (AvgIpc) is 3.61. The van der Waals surface area contributed by atoms with Crippen LogP contribution in [0.25, 0.3) is 11.3 Å². The number of aliphatic carboxylic acids is 1. The number of rotatable bonds is 12. The molecule has 0 spiro atoms. The third kappa shape index (κ3) is 9.39. The minimum atomic E-state index is -1.17. The molecule has 2 fully saturated rings. The number of amides is 4. The third-order valence-corrected chi connectivity index (χ3v) is 7.87. The largest absolute Gasteiger partial charge is 0.481 e. The Balaban J connectivity index is 1.50. The average molecular weight is 640 g/mol. The summed E-state index contributed by atoms with van der Waals surface area (Å²) >= 11 is 0. The Morgan fingerprint density at radius 1 is 1.09 bits per heavy atom. The lowest BCUT2D eigenvalue weighted by Gasteiger charge is -2.36. The number of likely N-dealkylation sites (N-methyl/N-ethyl adjacent to an activating group) is 1. The fourth-order valence-corrected chi connectivity index (χ4v) is 5.07. The second kappa shape index (κ2) is 16.5. The van der Waals surface area contributed by atoms with Crippen molar-refractivity contribution in [3.63, 3.8) is 0 Å². The number of carboxylic acids is 1. The Hall–Kier alpha value is -4.72.